The second kappa shape index (κ2) is 11.4. The Bertz CT molecular complexity index is 1080. The maximum Gasteiger partial charge on any atom is 0.254 e. The maximum atomic E-state index is 13.5. The number of hydrogen-bond acceptors (Lipinski definition) is 4. The maximum absolute atomic E-state index is 13.5. The molecule has 0 aliphatic carbocycles. The minimum absolute atomic E-state index is 0.0946. The molecule has 0 N–H and O–H groups in total. The van der Waals surface area contributed by atoms with Gasteiger partial charge in [0.25, 0.3) is 5.91 Å². The van der Waals surface area contributed by atoms with Crippen molar-refractivity contribution in [2.45, 2.75) is 32.0 Å². The Balaban J connectivity index is 1.54. The lowest BCUT2D eigenvalue weighted by Gasteiger charge is -2.29. The van der Waals surface area contributed by atoms with Crippen LogP contribution < -0.4 is 0 Å². The fraction of sp³-hybridized carbons (Fsp3) is 0.308. The van der Waals surface area contributed by atoms with Crippen molar-refractivity contribution in [3.8, 4) is 0 Å². The van der Waals surface area contributed by atoms with Crippen LogP contribution in [0.5, 0.6) is 0 Å². The fourth-order valence-electron chi connectivity index (χ4n) is 3.92. The van der Waals surface area contributed by atoms with Gasteiger partial charge in [-0.05, 0) is 66.9 Å². The molecule has 34 heavy (non-hydrogen) atoms. The summed E-state index contributed by atoms with van der Waals surface area (Å²) in [5.41, 5.74) is 1.29. The Morgan fingerprint density at radius 2 is 1.76 bits per heavy atom. The van der Waals surface area contributed by atoms with Crippen LogP contribution in [0.25, 0.3) is 0 Å². The molecule has 4 rings (SSSR count). The predicted molar refractivity (Wildman–Crippen MR) is 128 cm³/mol. The van der Waals surface area contributed by atoms with Gasteiger partial charge in [-0.3, -0.25) is 9.59 Å². The minimum atomic E-state index is -0.338. The van der Waals surface area contributed by atoms with E-state index in [1.807, 2.05) is 0 Å². The van der Waals surface area contributed by atoms with Gasteiger partial charge >= 0.3 is 0 Å². The third kappa shape index (κ3) is 6.55. The Kier molecular flexibility index (Phi) is 8.13. The molecule has 1 saturated heterocycles. The first kappa shape index (κ1) is 24.2. The number of nitrogens with zero attached hydrogens (tertiary/aromatic N) is 2. The van der Waals surface area contributed by atoms with Crippen LogP contribution in [0.15, 0.2) is 75.8 Å². The zero-order valence-corrected chi connectivity index (χ0v) is 20.2. The Morgan fingerprint density at radius 3 is 2.41 bits per heavy atom. The summed E-state index contributed by atoms with van der Waals surface area (Å²) in [5, 5.41) is 0. The number of halogens is 2. The van der Waals surface area contributed by atoms with Crippen LogP contribution in [-0.4, -0.2) is 47.4 Å². The third-order valence-electron chi connectivity index (χ3n) is 5.72. The molecule has 2 amide bonds. The van der Waals surface area contributed by atoms with Gasteiger partial charge in [0.2, 0.25) is 5.91 Å². The normalized spacial score (nSPS) is 15.3. The van der Waals surface area contributed by atoms with Crippen LogP contribution in [0.2, 0.25) is 0 Å². The van der Waals surface area contributed by atoms with E-state index in [9.17, 15) is 14.0 Å². The standard InChI is InChI=1S/C26H26BrFN2O4/c27-21-9-7-20(8-10-21)26(32)30(17-24-4-2-14-34-24)18-25(31)29(16-23-3-1-13-33-23)15-19-5-11-22(28)12-6-19/h1,3,5-13,24H,2,4,14-18H2. The lowest BCUT2D eigenvalue weighted by atomic mass is 10.1. The van der Waals surface area contributed by atoms with Gasteiger partial charge in [0, 0.05) is 29.7 Å². The Labute approximate surface area is 206 Å². The van der Waals surface area contributed by atoms with Crippen molar-refractivity contribution in [3.05, 3.63) is 94.1 Å². The molecule has 1 aliphatic rings. The first-order chi connectivity index (χ1) is 16.5. The summed E-state index contributed by atoms with van der Waals surface area (Å²) in [7, 11) is 0. The number of benzene rings is 2. The van der Waals surface area contributed by atoms with Crippen LogP contribution >= 0.6 is 15.9 Å². The van der Waals surface area contributed by atoms with E-state index in [2.05, 4.69) is 15.9 Å². The minimum Gasteiger partial charge on any atom is -0.467 e. The van der Waals surface area contributed by atoms with Crippen molar-refractivity contribution < 1.29 is 23.1 Å². The molecule has 8 heteroatoms. The zero-order chi connectivity index (χ0) is 23.9. The third-order valence-corrected chi connectivity index (χ3v) is 6.25. The highest BCUT2D eigenvalue weighted by Crippen LogP contribution is 2.18. The average molecular weight is 529 g/mol. The molecule has 6 nitrogen and oxygen atoms in total. The summed E-state index contributed by atoms with van der Waals surface area (Å²) in [6.45, 7) is 1.40. The van der Waals surface area contributed by atoms with Crippen LogP contribution in [-0.2, 0) is 22.6 Å². The quantitative estimate of drug-likeness (QED) is 0.390. The van der Waals surface area contributed by atoms with E-state index in [-0.39, 0.29) is 43.4 Å². The number of hydrogen-bond donors (Lipinski definition) is 0. The first-order valence-electron chi connectivity index (χ1n) is 11.2. The molecule has 0 radical (unpaired) electrons. The number of carbonyl (C=O) groups excluding carboxylic acids is 2. The van der Waals surface area contributed by atoms with Crippen molar-refractivity contribution in [1.29, 1.82) is 0 Å². The molecule has 0 bridgehead atoms. The monoisotopic (exact) mass is 528 g/mol. The van der Waals surface area contributed by atoms with E-state index in [1.165, 1.54) is 12.1 Å². The molecular formula is C26H26BrFN2O4. The molecule has 1 atom stereocenters. The van der Waals surface area contributed by atoms with Crippen LogP contribution in [0.3, 0.4) is 0 Å². The number of rotatable bonds is 9. The fourth-order valence-corrected chi connectivity index (χ4v) is 4.19. The van der Waals surface area contributed by atoms with Gasteiger partial charge in [-0.15, -0.1) is 0 Å². The second-order valence-electron chi connectivity index (χ2n) is 8.28. The summed E-state index contributed by atoms with van der Waals surface area (Å²) in [4.78, 5) is 30.0. The molecule has 1 fully saturated rings. The SMILES string of the molecule is O=C(CN(CC1CCCO1)C(=O)c1ccc(Br)cc1)N(Cc1ccc(F)cc1)Cc1ccco1. The second-order valence-corrected chi connectivity index (χ2v) is 9.20. The van der Waals surface area contributed by atoms with Crippen LogP contribution in [0, 0.1) is 5.82 Å². The van der Waals surface area contributed by atoms with Crippen molar-refractivity contribution >= 4 is 27.7 Å². The van der Waals surface area contributed by atoms with E-state index in [0.29, 0.717) is 24.5 Å². The Morgan fingerprint density at radius 1 is 1.00 bits per heavy atom. The van der Waals surface area contributed by atoms with Gasteiger partial charge in [-0.2, -0.15) is 0 Å². The van der Waals surface area contributed by atoms with Gasteiger partial charge in [-0.25, -0.2) is 4.39 Å². The van der Waals surface area contributed by atoms with Gasteiger partial charge in [0.15, 0.2) is 0 Å². The molecule has 2 heterocycles. The van der Waals surface area contributed by atoms with Crippen molar-refractivity contribution in [3.63, 3.8) is 0 Å². The number of ether oxygens (including phenoxy) is 1. The van der Waals surface area contributed by atoms with Crippen molar-refractivity contribution in [2.75, 3.05) is 19.7 Å². The molecule has 1 aromatic heterocycles. The first-order valence-corrected chi connectivity index (χ1v) is 12.0. The van der Waals surface area contributed by atoms with Crippen LogP contribution in [0.4, 0.5) is 4.39 Å². The summed E-state index contributed by atoms with van der Waals surface area (Å²) < 4.78 is 25.4. The highest BCUT2D eigenvalue weighted by molar-refractivity contribution is 9.10. The predicted octanol–water partition coefficient (Wildman–Crippen LogP) is 5.03. The highest BCUT2D eigenvalue weighted by atomic mass is 79.9. The van der Waals surface area contributed by atoms with E-state index in [0.717, 1.165) is 22.9 Å². The van der Waals surface area contributed by atoms with E-state index in [1.54, 1.807) is 64.6 Å². The topological polar surface area (TPSA) is 63.0 Å². The van der Waals surface area contributed by atoms with Crippen molar-refractivity contribution in [1.82, 2.24) is 9.80 Å². The summed E-state index contributed by atoms with van der Waals surface area (Å²) in [5.74, 6) is -0.170. The lowest BCUT2D eigenvalue weighted by Crippen LogP contribution is -2.45. The summed E-state index contributed by atoms with van der Waals surface area (Å²) in [6.07, 6.45) is 3.25. The molecule has 1 aliphatic heterocycles. The number of furan rings is 1. The Hall–Kier alpha value is -2.97. The lowest BCUT2D eigenvalue weighted by molar-refractivity contribution is -0.133. The number of amides is 2. The van der Waals surface area contributed by atoms with Gasteiger partial charge < -0.3 is 19.0 Å². The summed E-state index contributed by atoms with van der Waals surface area (Å²) >= 11 is 3.39. The number of carbonyl (C=O) groups is 2. The van der Waals surface area contributed by atoms with E-state index >= 15 is 0 Å². The molecule has 0 saturated carbocycles. The molecule has 2 aromatic carbocycles. The molecule has 178 valence electrons. The highest BCUT2D eigenvalue weighted by Gasteiger charge is 2.27. The smallest absolute Gasteiger partial charge is 0.254 e. The molecule has 1 unspecified atom stereocenters. The van der Waals surface area contributed by atoms with E-state index in [4.69, 9.17) is 9.15 Å². The van der Waals surface area contributed by atoms with Gasteiger partial charge in [0.05, 0.1) is 18.9 Å². The van der Waals surface area contributed by atoms with Gasteiger partial charge in [0.1, 0.15) is 18.1 Å². The van der Waals surface area contributed by atoms with Crippen molar-refractivity contribution in [2.24, 2.45) is 0 Å². The average Bonchev–Trinajstić information content (AvgIpc) is 3.54. The molecular weight excluding hydrogens is 503 g/mol. The molecule has 0 spiro atoms. The van der Waals surface area contributed by atoms with Gasteiger partial charge in [-0.1, -0.05) is 28.1 Å². The zero-order valence-electron chi connectivity index (χ0n) is 18.7. The summed E-state index contributed by atoms with van der Waals surface area (Å²) in [6, 6.07) is 16.7. The van der Waals surface area contributed by atoms with E-state index < -0.39 is 0 Å². The largest absolute Gasteiger partial charge is 0.467 e. The van der Waals surface area contributed by atoms with Crippen LogP contribution in [0.1, 0.15) is 34.5 Å². The molecule has 3 aromatic rings.